The number of benzene rings is 7. The first-order valence-electron chi connectivity index (χ1n) is 22.8. The summed E-state index contributed by atoms with van der Waals surface area (Å²) in [7, 11) is 0. The number of halogens is 6. The average Bonchev–Trinajstić information content (AvgIpc) is 3.40. The Balaban J connectivity index is 0.000000228. The Hall–Kier alpha value is -9.24. The highest BCUT2D eigenvalue weighted by molar-refractivity contribution is 6.31. The van der Waals surface area contributed by atoms with Crippen molar-refractivity contribution in [2.45, 2.75) is 20.3 Å². The van der Waals surface area contributed by atoms with E-state index < -0.39 is 53.0 Å². The number of hydrogen-bond donors (Lipinski definition) is 4. The van der Waals surface area contributed by atoms with Crippen LogP contribution in [-0.2, 0) is 35.2 Å². The zero-order valence-corrected chi connectivity index (χ0v) is 42.7. The van der Waals surface area contributed by atoms with E-state index in [1.54, 1.807) is 60.7 Å². The van der Waals surface area contributed by atoms with Crippen LogP contribution in [0.5, 0.6) is 0 Å². The molecule has 0 unspecified atom stereocenters. The number of amides is 4. The average molecular weight is 1080 g/mol. The normalized spacial score (nSPS) is 10.9. The van der Waals surface area contributed by atoms with Crippen LogP contribution in [0, 0.1) is 23.3 Å². The number of carboxylic acids is 2. The SMILES string of the molecule is C=C(C)C(=O)NC(=O)/C(=C/c1ccc(Cl)cc1)c1ccc(F)cc1.C=C(C)C(=O)NC(=O)/C(=C\c1ccccc1)c1ccc(F)cc1.O=C(O)/C(=C/c1ccc(Cl)cc1)c1ccc(F)cc1.O=C(O)Cc1ccc(F)cc1. The highest BCUT2D eigenvalue weighted by Crippen LogP contribution is 2.23. The number of aliphatic carboxylic acids is 2. The number of nitrogens with one attached hydrogen (secondary N) is 2. The van der Waals surface area contributed by atoms with Gasteiger partial charge in [0.05, 0.1) is 12.0 Å². The zero-order chi connectivity index (χ0) is 56.6. The van der Waals surface area contributed by atoms with Gasteiger partial charge in [-0.15, -0.1) is 0 Å². The molecule has 16 heteroatoms. The van der Waals surface area contributed by atoms with Crippen molar-refractivity contribution in [2.75, 3.05) is 0 Å². The molecule has 10 nitrogen and oxygen atoms in total. The molecule has 0 aliphatic carbocycles. The molecule has 0 bridgehead atoms. The van der Waals surface area contributed by atoms with Gasteiger partial charge in [-0.05, 0) is 144 Å². The molecule has 0 aromatic heterocycles. The lowest BCUT2D eigenvalue weighted by Crippen LogP contribution is -2.31. The van der Waals surface area contributed by atoms with E-state index >= 15 is 0 Å². The first-order chi connectivity index (χ1) is 36.6. The standard InChI is InChI=1S/C19H15ClFNO2.C19H16FNO2.C15H10ClFO2.C8H7FO2/c1-12(2)18(23)22-19(24)17(14-5-9-16(21)10-6-14)11-13-3-7-15(20)8-4-13;1-13(2)18(22)21-19(23)17(12-14-6-4-3-5-7-14)15-8-10-16(20)11-9-15;16-12-5-1-10(2-6-12)9-14(15(18)19)11-3-7-13(17)8-4-11;9-7-3-1-6(2-4-7)5-8(10)11/h3-11H,1H2,2H3,(H,22,23,24);3-12H,1H2,2H3,(H,21,22,23);1-9H,(H,18,19);1-4H,5H2,(H,10,11)/b17-11+;17-12-;14-9+;. The van der Waals surface area contributed by atoms with Crippen molar-refractivity contribution < 1.29 is 56.5 Å². The Bertz CT molecular complexity index is 3310. The van der Waals surface area contributed by atoms with Crippen LogP contribution in [-0.4, -0.2) is 45.8 Å². The van der Waals surface area contributed by atoms with Crippen molar-refractivity contribution in [1.82, 2.24) is 10.6 Å². The molecule has 7 aromatic rings. The largest absolute Gasteiger partial charge is 0.481 e. The molecule has 0 aliphatic rings. The second-order valence-electron chi connectivity index (χ2n) is 16.3. The van der Waals surface area contributed by atoms with Gasteiger partial charge in [-0.2, -0.15) is 0 Å². The van der Waals surface area contributed by atoms with E-state index in [2.05, 4.69) is 23.8 Å². The van der Waals surface area contributed by atoms with Crippen LogP contribution in [0.1, 0.15) is 52.8 Å². The number of rotatable bonds is 13. The van der Waals surface area contributed by atoms with Gasteiger partial charge >= 0.3 is 11.9 Å². The van der Waals surface area contributed by atoms with Gasteiger partial charge in [0.1, 0.15) is 23.3 Å². The minimum atomic E-state index is -1.07. The van der Waals surface area contributed by atoms with Crippen LogP contribution in [0.2, 0.25) is 10.0 Å². The summed E-state index contributed by atoms with van der Waals surface area (Å²) in [6.07, 6.45) is 4.71. The minimum Gasteiger partial charge on any atom is -0.481 e. The van der Waals surface area contributed by atoms with Crippen molar-refractivity contribution in [2.24, 2.45) is 0 Å². The molecule has 4 amide bonds. The molecule has 0 radical (unpaired) electrons. The maximum Gasteiger partial charge on any atom is 0.336 e. The molecule has 0 saturated carbocycles. The van der Waals surface area contributed by atoms with E-state index in [-0.39, 0.29) is 40.1 Å². The maximum absolute atomic E-state index is 13.1. The molecule has 7 aromatic carbocycles. The van der Waals surface area contributed by atoms with Crippen LogP contribution in [0.15, 0.2) is 200 Å². The Morgan fingerprint density at radius 2 is 0.727 bits per heavy atom. The minimum absolute atomic E-state index is 0.0553. The molecule has 392 valence electrons. The number of hydrogen-bond acceptors (Lipinski definition) is 6. The molecule has 0 saturated heterocycles. The second kappa shape index (κ2) is 30.2. The van der Waals surface area contributed by atoms with Crippen molar-refractivity contribution in [1.29, 1.82) is 0 Å². The predicted molar refractivity (Wildman–Crippen MR) is 293 cm³/mol. The summed E-state index contributed by atoms with van der Waals surface area (Å²) in [5, 5.41) is 23.2. The molecule has 4 N–H and O–H groups in total. The van der Waals surface area contributed by atoms with Crippen LogP contribution in [0.25, 0.3) is 34.9 Å². The van der Waals surface area contributed by atoms with Gasteiger partial charge in [-0.3, -0.25) is 34.6 Å². The highest BCUT2D eigenvalue weighted by atomic mass is 35.5. The molecule has 77 heavy (non-hydrogen) atoms. The van der Waals surface area contributed by atoms with Crippen LogP contribution in [0.3, 0.4) is 0 Å². The molecule has 0 atom stereocenters. The third-order valence-electron chi connectivity index (χ3n) is 10.2. The van der Waals surface area contributed by atoms with Gasteiger partial charge in [0.2, 0.25) is 0 Å². The second-order valence-corrected chi connectivity index (χ2v) is 17.2. The summed E-state index contributed by atoms with van der Waals surface area (Å²) in [6.45, 7) is 10.0. The Morgan fingerprint density at radius 1 is 0.429 bits per heavy atom. The monoisotopic (exact) mass is 1080 g/mol. The number of imide groups is 2. The van der Waals surface area contributed by atoms with Crippen LogP contribution >= 0.6 is 23.2 Å². The lowest BCUT2D eigenvalue weighted by molar-refractivity contribution is -0.136. The summed E-state index contributed by atoms with van der Waals surface area (Å²) in [6, 6.07) is 44.6. The number of carboxylic acid groups (broad SMARTS) is 2. The first kappa shape index (κ1) is 60.3. The summed E-state index contributed by atoms with van der Waals surface area (Å²) >= 11 is 11.6. The summed E-state index contributed by atoms with van der Waals surface area (Å²) in [5.74, 6) is -5.80. The fourth-order valence-corrected chi connectivity index (χ4v) is 6.47. The Labute approximate surface area is 451 Å². The van der Waals surface area contributed by atoms with Gasteiger partial charge in [-0.25, -0.2) is 22.4 Å². The van der Waals surface area contributed by atoms with E-state index in [9.17, 15) is 51.4 Å². The fraction of sp³-hybridized carbons (Fsp3) is 0.0492. The van der Waals surface area contributed by atoms with E-state index in [4.69, 9.17) is 28.3 Å². The first-order valence-corrected chi connectivity index (χ1v) is 23.5. The smallest absolute Gasteiger partial charge is 0.336 e. The molecule has 0 aliphatic heterocycles. The van der Waals surface area contributed by atoms with Gasteiger partial charge in [-0.1, -0.05) is 139 Å². The third-order valence-corrected chi connectivity index (χ3v) is 10.7. The third kappa shape index (κ3) is 21.3. The topological polar surface area (TPSA) is 167 Å². The fourth-order valence-electron chi connectivity index (χ4n) is 6.22. The van der Waals surface area contributed by atoms with Crippen molar-refractivity contribution in [3.63, 3.8) is 0 Å². The molecule has 7 rings (SSSR count). The summed E-state index contributed by atoms with van der Waals surface area (Å²) < 4.78 is 51.4. The molecule has 0 fully saturated rings. The Kier molecular flexibility index (Phi) is 23.7. The van der Waals surface area contributed by atoms with Crippen LogP contribution < -0.4 is 10.6 Å². The van der Waals surface area contributed by atoms with Crippen molar-refractivity contribution >= 4 is 93.7 Å². The van der Waals surface area contributed by atoms with E-state index in [1.807, 2.05) is 30.3 Å². The molecular formula is C61H48Cl2F4N2O8. The Morgan fingerprint density at radius 3 is 1.04 bits per heavy atom. The van der Waals surface area contributed by atoms with Gasteiger partial charge in [0.15, 0.2) is 0 Å². The quantitative estimate of drug-likeness (QED) is 0.0503. The van der Waals surface area contributed by atoms with Gasteiger partial charge in [0.25, 0.3) is 23.6 Å². The number of carbonyl (C=O) groups is 6. The maximum atomic E-state index is 13.1. The van der Waals surface area contributed by atoms with Gasteiger partial charge < -0.3 is 10.2 Å². The zero-order valence-electron chi connectivity index (χ0n) is 41.2. The van der Waals surface area contributed by atoms with Crippen molar-refractivity contribution in [3.8, 4) is 0 Å². The lowest BCUT2D eigenvalue weighted by atomic mass is 10.0. The van der Waals surface area contributed by atoms with E-state index in [0.29, 0.717) is 37.9 Å². The summed E-state index contributed by atoms with van der Waals surface area (Å²) in [5.41, 5.74) is 5.33. The number of carbonyl (C=O) groups excluding carboxylic acids is 4. The van der Waals surface area contributed by atoms with E-state index in [0.717, 1.165) is 11.1 Å². The van der Waals surface area contributed by atoms with Gasteiger partial charge in [0, 0.05) is 32.3 Å². The molecule has 0 spiro atoms. The van der Waals surface area contributed by atoms with E-state index in [1.165, 1.54) is 117 Å². The molecule has 0 heterocycles. The summed E-state index contributed by atoms with van der Waals surface area (Å²) in [4.78, 5) is 69.7. The van der Waals surface area contributed by atoms with Crippen molar-refractivity contribution in [3.05, 3.63) is 272 Å². The lowest BCUT2D eigenvalue weighted by Gasteiger charge is -2.09. The highest BCUT2D eigenvalue weighted by Gasteiger charge is 2.18. The van der Waals surface area contributed by atoms with Crippen LogP contribution in [0.4, 0.5) is 17.6 Å². The predicted octanol–water partition coefficient (Wildman–Crippen LogP) is 13.4. The molecular weight excluding hydrogens is 1040 g/mol.